The van der Waals surface area contributed by atoms with Gasteiger partial charge in [0.25, 0.3) is 0 Å². The van der Waals surface area contributed by atoms with Crippen molar-refractivity contribution in [3.8, 4) is 0 Å². The van der Waals surface area contributed by atoms with E-state index < -0.39 is 0 Å². The standard InChI is InChI=1S/C24H39N5O2.HI/c1-5-24(6-2)20(16-21(24)31-7-3)28-22(25-4)26-17-18-11-10-12-19(15-18)27-23(30)29-13-8-9-14-29;/h10-12,15,20-21H,5-9,13-14,16-17H2,1-4H3,(H,27,30)(H2,25,26,28);1H. The third kappa shape index (κ3) is 6.07. The quantitative estimate of drug-likeness (QED) is 0.249. The van der Waals surface area contributed by atoms with Gasteiger partial charge in [0.2, 0.25) is 0 Å². The van der Waals surface area contributed by atoms with Gasteiger partial charge in [0.15, 0.2) is 5.96 Å². The highest BCUT2D eigenvalue weighted by atomic mass is 127. The zero-order valence-electron chi connectivity index (χ0n) is 19.9. The Morgan fingerprint density at radius 1 is 1.22 bits per heavy atom. The van der Waals surface area contributed by atoms with E-state index in [0.29, 0.717) is 18.7 Å². The van der Waals surface area contributed by atoms with Crippen molar-refractivity contribution < 1.29 is 9.53 Å². The number of rotatable bonds is 8. The second-order valence-electron chi connectivity index (χ2n) is 8.57. The molecule has 3 N–H and O–H groups in total. The number of nitrogens with zero attached hydrogens (tertiary/aromatic N) is 2. The minimum Gasteiger partial charge on any atom is -0.378 e. The van der Waals surface area contributed by atoms with Crippen LogP contribution in [0.2, 0.25) is 0 Å². The van der Waals surface area contributed by atoms with Gasteiger partial charge in [0.05, 0.1) is 6.10 Å². The molecule has 1 aliphatic carbocycles. The van der Waals surface area contributed by atoms with Crippen LogP contribution in [0, 0.1) is 5.41 Å². The summed E-state index contributed by atoms with van der Waals surface area (Å²) >= 11 is 0. The molecule has 2 aliphatic rings. The van der Waals surface area contributed by atoms with Crippen molar-refractivity contribution in [2.24, 2.45) is 10.4 Å². The number of carbonyl (C=O) groups is 1. The normalized spacial score (nSPS) is 22.0. The molecule has 1 heterocycles. The lowest BCUT2D eigenvalue weighted by Gasteiger charge is -2.55. The number of amides is 2. The lowest BCUT2D eigenvalue weighted by Crippen LogP contribution is -2.65. The van der Waals surface area contributed by atoms with E-state index in [1.165, 1.54) is 0 Å². The molecule has 1 saturated carbocycles. The third-order valence-electron chi connectivity index (χ3n) is 7.04. The van der Waals surface area contributed by atoms with Crippen LogP contribution in [0.4, 0.5) is 10.5 Å². The highest BCUT2D eigenvalue weighted by Gasteiger charge is 2.53. The number of carbonyl (C=O) groups excluding carboxylic acids is 1. The molecule has 0 radical (unpaired) electrons. The molecule has 0 spiro atoms. The Hall–Kier alpha value is -1.55. The molecule has 0 aromatic heterocycles. The first-order chi connectivity index (χ1) is 15.1. The zero-order valence-corrected chi connectivity index (χ0v) is 22.3. The van der Waals surface area contributed by atoms with Crippen molar-refractivity contribution in [2.75, 3.05) is 32.1 Å². The number of benzene rings is 1. The SMILES string of the molecule is CCOC1CC(NC(=NC)NCc2cccc(NC(=O)N3CCCC3)c2)C1(CC)CC.I. The highest BCUT2D eigenvalue weighted by molar-refractivity contribution is 14.0. The van der Waals surface area contributed by atoms with E-state index in [-0.39, 0.29) is 35.4 Å². The molecule has 8 heteroatoms. The number of nitrogens with one attached hydrogen (secondary N) is 3. The summed E-state index contributed by atoms with van der Waals surface area (Å²) in [4.78, 5) is 18.7. The van der Waals surface area contributed by atoms with Crippen LogP contribution in [0.15, 0.2) is 29.3 Å². The topological polar surface area (TPSA) is 78.0 Å². The summed E-state index contributed by atoms with van der Waals surface area (Å²) < 4.78 is 5.99. The number of hydrogen-bond acceptors (Lipinski definition) is 3. The fraction of sp³-hybridized carbons (Fsp3) is 0.667. The van der Waals surface area contributed by atoms with Gasteiger partial charge in [-0.1, -0.05) is 26.0 Å². The minimum atomic E-state index is -0.00982. The maximum absolute atomic E-state index is 12.3. The van der Waals surface area contributed by atoms with Crippen molar-refractivity contribution in [3.63, 3.8) is 0 Å². The van der Waals surface area contributed by atoms with Crippen LogP contribution in [0.25, 0.3) is 0 Å². The first-order valence-corrected chi connectivity index (χ1v) is 11.8. The highest BCUT2D eigenvalue weighted by Crippen LogP contribution is 2.48. The molecule has 1 saturated heterocycles. The largest absolute Gasteiger partial charge is 0.378 e. The fourth-order valence-corrected chi connectivity index (χ4v) is 5.01. The van der Waals surface area contributed by atoms with Crippen LogP contribution in [0.3, 0.4) is 0 Å². The van der Waals surface area contributed by atoms with Gasteiger partial charge < -0.3 is 25.6 Å². The van der Waals surface area contributed by atoms with Crippen molar-refractivity contribution >= 4 is 41.7 Å². The van der Waals surface area contributed by atoms with Gasteiger partial charge in [0, 0.05) is 50.4 Å². The first-order valence-electron chi connectivity index (χ1n) is 11.8. The van der Waals surface area contributed by atoms with Crippen molar-refractivity contribution in [1.82, 2.24) is 15.5 Å². The van der Waals surface area contributed by atoms with Crippen LogP contribution in [-0.2, 0) is 11.3 Å². The van der Waals surface area contributed by atoms with Gasteiger partial charge in [-0.05, 0) is 56.7 Å². The Labute approximate surface area is 210 Å². The number of urea groups is 1. The number of aliphatic imine (C=N–C) groups is 1. The Balaban J connectivity index is 0.00000363. The van der Waals surface area contributed by atoms with Gasteiger partial charge in [-0.25, -0.2) is 4.79 Å². The molecule has 2 unspecified atom stereocenters. The van der Waals surface area contributed by atoms with E-state index in [9.17, 15) is 4.79 Å². The summed E-state index contributed by atoms with van der Waals surface area (Å²) in [5.41, 5.74) is 2.09. The molecule has 1 aliphatic heterocycles. The second-order valence-corrected chi connectivity index (χ2v) is 8.57. The Morgan fingerprint density at radius 2 is 1.94 bits per heavy atom. The predicted molar refractivity (Wildman–Crippen MR) is 142 cm³/mol. The number of likely N-dealkylation sites (tertiary alicyclic amines) is 1. The molecule has 2 fully saturated rings. The first kappa shape index (κ1) is 26.7. The number of ether oxygens (including phenoxy) is 1. The fourth-order valence-electron chi connectivity index (χ4n) is 5.01. The minimum absolute atomic E-state index is 0. The Kier molecular flexibility index (Phi) is 10.5. The maximum Gasteiger partial charge on any atom is 0.321 e. The summed E-state index contributed by atoms with van der Waals surface area (Å²) in [6.07, 6.45) is 5.68. The van der Waals surface area contributed by atoms with Crippen molar-refractivity contribution in [1.29, 1.82) is 0 Å². The summed E-state index contributed by atoms with van der Waals surface area (Å²) in [6.45, 7) is 9.66. The van der Waals surface area contributed by atoms with Crippen LogP contribution in [0.1, 0.15) is 58.4 Å². The molecule has 1 aromatic carbocycles. The van der Waals surface area contributed by atoms with Crippen molar-refractivity contribution in [2.45, 2.75) is 71.6 Å². The lowest BCUT2D eigenvalue weighted by molar-refractivity contribution is -0.133. The van der Waals surface area contributed by atoms with Gasteiger partial charge >= 0.3 is 6.03 Å². The maximum atomic E-state index is 12.3. The van der Waals surface area contributed by atoms with E-state index in [4.69, 9.17) is 4.74 Å². The number of hydrogen-bond donors (Lipinski definition) is 3. The molecular weight excluding hydrogens is 517 g/mol. The third-order valence-corrected chi connectivity index (χ3v) is 7.04. The number of anilines is 1. The summed E-state index contributed by atoms with van der Waals surface area (Å²) in [5.74, 6) is 0.803. The van der Waals surface area contributed by atoms with Crippen LogP contribution in [-0.4, -0.2) is 55.8 Å². The van der Waals surface area contributed by atoms with Crippen molar-refractivity contribution in [3.05, 3.63) is 29.8 Å². The molecular formula is C24H40IN5O2. The number of halogens is 1. The monoisotopic (exact) mass is 557 g/mol. The second kappa shape index (κ2) is 12.6. The van der Waals surface area contributed by atoms with E-state index in [1.54, 1.807) is 7.05 Å². The lowest BCUT2D eigenvalue weighted by atomic mass is 9.58. The average molecular weight is 558 g/mol. The molecule has 180 valence electrons. The van der Waals surface area contributed by atoms with Crippen LogP contribution in [0.5, 0.6) is 0 Å². The summed E-state index contributed by atoms with van der Waals surface area (Å²) in [6, 6.07) is 8.34. The molecule has 32 heavy (non-hydrogen) atoms. The molecule has 2 amide bonds. The number of guanidine groups is 1. The Bertz CT molecular complexity index is 763. The summed E-state index contributed by atoms with van der Waals surface area (Å²) in [7, 11) is 1.81. The van der Waals surface area contributed by atoms with Gasteiger partial charge in [-0.15, -0.1) is 24.0 Å². The molecule has 7 nitrogen and oxygen atoms in total. The van der Waals surface area contributed by atoms with E-state index >= 15 is 0 Å². The molecule has 2 atom stereocenters. The van der Waals surface area contributed by atoms with Crippen LogP contribution >= 0.6 is 24.0 Å². The smallest absolute Gasteiger partial charge is 0.321 e. The van der Waals surface area contributed by atoms with Gasteiger partial charge in [-0.3, -0.25) is 4.99 Å². The van der Waals surface area contributed by atoms with Crippen LogP contribution < -0.4 is 16.0 Å². The predicted octanol–water partition coefficient (Wildman–Crippen LogP) is 4.58. The van der Waals surface area contributed by atoms with E-state index in [0.717, 1.165) is 69.0 Å². The van der Waals surface area contributed by atoms with E-state index in [1.807, 2.05) is 23.1 Å². The molecule has 3 rings (SSSR count). The van der Waals surface area contributed by atoms with Gasteiger partial charge in [0.1, 0.15) is 0 Å². The molecule has 1 aromatic rings. The van der Waals surface area contributed by atoms with E-state index in [2.05, 4.69) is 47.8 Å². The Morgan fingerprint density at radius 3 is 2.56 bits per heavy atom. The van der Waals surface area contributed by atoms with Gasteiger partial charge in [-0.2, -0.15) is 0 Å². The average Bonchev–Trinajstić information content (AvgIpc) is 3.32. The summed E-state index contributed by atoms with van der Waals surface area (Å²) in [5, 5.41) is 10.1. The zero-order chi connectivity index (χ0) is 22.3. The molecule has 0 bridgehead atoms.